The van der Waals surface area contributed by atoms with Gasteiger partial charge in [-0.2, -0.15) is 0 Å². The van der Waals surface area contributed by atoms with E-state index in [0.29, 0.717) is 37.2 Å². The van der Waals surface area contributed by atoms with Gasteiger partial charge in [0.1, 0.15) is 0 Å². The molecule has 1 N–H and O–H groups in total. The highest BCUT2D eigenvalue weighted by atomic mass is 16.2. The molecule has 0 aliphatic carbocycles. The average Bonchev–Trinajstić information content (AvgIpc) is 3.05. The fourth-order valence-electron chi connectivity index (χ4n) is 5.18. The molecule has 0 saturated heterocycles. The molecule has 214 valence electrons. The Bertz CT molecular complexity index is 1560. The Labute approximate surface area is 254 Å². The SMILES string of the molecule is O=C(NC(=CC(=O)[C@H](Cc1ccccc1)N(Cc1ccccc1)Cc1ccccc1)Cc1ccccc1)c1ccccc1. The molecular weight excluding hydrogens is 528 g/mol. The van der Waals surface area contributed by atoms with E-state index in [1.165, 1.54) is 0 Å². The molecule has 43 heavy (non-hydrogen) atoms. The normalized spacial score (nSPS) is 12.1. The first-order valence-corrected chi connectivity index (χ1v) is 14.6. The van der Waals surface area contributed by atoms with Crippen LogP contribution in [-0.2, 0) is 30.7 Å². The highest BCUT2D eigenvalue weighted by Gasteiger charge is 2.26. The Morgan fingerprint density at radius 2 is 0.977 bits per heavy atom. The van der Waals surface area contributed by atoms with Crippen molar-refractivity contribution in [3.05, 3.63) is 191 Å². The third-order valence-corrected chi connectivity index (χ3v) is 7.36. The lowest BCUT2D eigenvalue weighted by atomic mass is 9.97. The Morgan fingerprint density at radius 3 is 1.47 bits per heavy atom. The maximum absolute atomic E-state index is 14.4. The molecule has 4 heteroatoms. The molecule has 0 heterocycles. The van der Waals surface area contributed by atoms with Crippen LogP contribution >= 0.6 is 0 Å². The van der Waals surface area contributed by atoms with Gasteiger partial charge in [-0.1, -0.05) is 140 Å². The smallest absolute Gasteiger partial charge is 0.255 e. The van der Waals surface area contributed by atoms with E-state index in [1.54, 1.807) is 18.2 Å². The van der Waals surface area contributed by atoms with E-state index >= 15 is 0 Å². The summed E-state index contributed by atoms with van der Waals surface area (Å²) < 4.78 is 0. The first kappa shape index (κ1) is 29.4. The van der Waals surface area contributed by atoms with Gasteiger partial charge in [0.2, 0.25) is 0 Å². The summed E-state index contributed by atoms with van der Waals surface area (Å²) >= 11 is 0. The van der Waals surface area contributed by atoms with Crippen molar-refractivity contribution in [2.24, 2.45) is 0 Å². The largest absolute Gasteiger partial charge is 0.325 e. The minimum atomic E-state index is -0.456. The average molecular weight is 565 g/mol. The van der Waals surface area contributed by atoms with Crippen LogP contribution in [0, 0.1) is 0 Å². The Balaban J connectivity index is 1.51. The maximum Gasteiger partial charge on any atom is 0.255 e. The van der Waals surface area contributed by atoms with E-state index < -0.39 is 6.04 Å². The molecule has 1 atom stereocenters. The summed E-state index contributed by atoms with van der Waals surface area (Å²) in [6, 6.07) is 49.2. The highest BCUT2D eigenvalue weighted by Crippen LogP contribution is 2.20. The molecule has 0 unspecified atom stereocenters. The minimum Gasteiger partial charge on any atom is -0.325 e. The standard InChI is InChI=1S/C39H36N2O2/c42-38(28-36(26-31-16-6-1-7-17-31)40-39(43)35-24-14-5-15-25-35)37(27-32-18-8-2-9-19-32)41(29-33-20-10-3-11-21-33)30-34-22-12-4-13-23-34/h1-25,28,37H,26-27,29-30H2,(H,40,43)/t37-/m0/s1. The minimum absolute atomic E-state index is 0.0463. The lowest BCUT2D eigenvalue weighted by molar-refractivity contribution is -0.120. The lowest BCUT2D eigenvalue weighted by Gasteiger charge is -2.31. The topological polar surface area (TPSA) is 49.4 Å². The molecule has 0 aliphatic heterocycles. The third-order valence-electron chi connectivity index (χ3n) is 7.36. The van der Waals surface area contributed by atoms with Gasteiger partial charge < -0.3 is 5.32 Å². The van der Waals surface area contributed by atoms with Crippen LogP contribution in [0.4, 0.5) is 0 Å². The molecule has 5 aromatic carbocycles. The molecule has 0 bridgehead atoms. The van der Waals surface area contributed by atoms with Crippen molar-refractivity contribution in [3.63, 3.8) is 0 Å². The maximum atomic E-state index is 14.4. The van der Waals surface area contributed by atoms with E-state index in [9.17, 15) is 9.59 Å². The molecule has 5 aromatic rings. The van der Waals surface area contributed by atoms with Gasteiger partial charge in [-0.25, -0.2) is 0 Å². The van der Waals surface area contributed by atoms with E-state index in [0.717, 1.165) is 22.3 Å². The lowest BCUT2D eigenvalue weighted by Crippen LogP contribution is -2.42. The molecule has 0 aliphatic rings. The van der Waals surface area contributed by atoms with Gasteiger partial charge in [-0.05, 0) is 40.8 Å². The summed E-state index contributed by atoms with van der Waals surface area (Å²) in [5.41, 5.74) is 5.48. The predicted octanol–water partition coefficient (Wildman–Crippen LogP) is 7.43. The van der Waals surface area contributed by atoms with E-state index in [2.05, 4.69) is 46.6 Å². The van der Waals surface area contributed by atoms with Gasteiger partial charge in [-0.15, -0.1) is 0 Å². The predicted molar refractivity (Wildman–Crippen MR) is 173 cm³/mol. The number of amides is 1. The van der Waals surface area contributed by atoms with E-state index in [-0.39, 0.29) is 11.7 Å². The number of carbonyl (C=O) groups is 2. The van der Waals surface area contributed by atoms with Crippen molar-refractivity contribution in [2.75, 3.05) is 0 Å². The second-order valence-electron chi connectivity index (χ2n) is 10.6. The summed E-state index contributed by atoms with van der Waals surface area (Å²) in [5, 5.41) is 3.05. The molecular formula is C39H36N2O2. The van der Waals surface area contributed by atoms with Crippen molar-refractivity contribution in [3.8, 4) is 0 Å². The fraction of sp³-hybridized carbons (Fsp3) is 0.128. The van der Waals surface area contributed by atoms with Crippen LogP contribution < -0.4 is 5.32 Å². The molecule has 0 spiro atoms. The summed E-state index contributed by atoms with van der Waals surface area (Å²) in [7, 11) is 0. The monoisotopic (exact) mass is 564 g/mol. The Hall–Kier alpha value is -5.06. The van der Waals surface area contributed by atoms with E-state index in [4.69, 9.17) is 0 Å². The zero-order chi connectivity index (χ0) is 29.7. The second-order valence-corrected chi connectivity index (χ2v) is 10.6. The van der Waals surface area contributed by atoms with Crippen LogP contribution in [0.2, 0.25) is 0 Å². The van der Waals surface area contributed by atoms with Gasteiger partial charge in [0.25, 0.3) is 5.91 Å². The van der Waals surface area contributed by atoms with Gasteiger partial charge in [-0.3, -0.25) is 14.5 Å². The first-order chi connectivity index (χ1) is 21.1. The molecule has 0 saturated carbocycles. The summed E-state index contributed by atoms with van der Waals surface area (Å²) in [6.45, 7) is 1.22. The molecule has 0 aromatic heterocycles. The van der Waals surface area contributed by atoms with Gasteiger partial charge >= 0.3 is 0 Å². The molecule has 1 amide bonds. The van der Waals surface area contributed by atoms with Crippen molar-refractivity contribution >= 4 is 11.7 Å². The van der Waals surface area contributed by atoms with Crippen LogP contribution in [0.5, 0.6) is 0 Å². The van der Waals surface area contributed by atoms with Gasteiger partial charge in [0.15, 0.2) is 5.78 Å². The summed E-state index contributed by atoms with van der Waals surface area (Å²) in [4.78, 5) is 29.9. The van der Waals surface area contributed by atoms with Crippen LogP contribution in [0.3, 0.4) is 0 Å². The number of benzene rings is 5. The van der Waals surface area contributed by atoms with Crippen molar-refractivity contribution in [1.82, 2.24) is 10.2 Å². The first-order valence-electron chi connectivity index (χ1n) is 14.6. The zero-order valence-electron chi connectivity index (χ0n) is 24.2. The highest BCUT2D eigenvalue weighted by molar-refractivity contribution is 5.98. The molecule has 4 nitrogen and oxygen atoms in total. The number of nitrogens with zero attached hydrogens (tertiary/aromatic N) is 1. The number of carbonyl (C=O) groups excluding carboxylic acids is 2. The van der Waals surface area contributed by atoms with Gasteiger partial charge in [0, 0.05) is 36.8 Å². The zero-order valence-corrected chi connectivity index (χ0v) is 24.2. The van der Waals surface area contributed by atoms with Crippen molar-refractivity contribution < 1.29 is 9.59 Å². The summed E-state index contributed by atoms with van der Waals surface area (Å²) in [6.07, 6.45) is 2.62. The number of nitrogens with one attached hydrogen (secondary N) is 1. The molecule has 5 rings (SSSR count). The second kappa shape index (κ2) is 15.2. The van der Waals surface area contributed by atoms with Crippen molar-refractivity contribution in [2.45, 2.75) is 32.0 Å². The fourth-order valence-corrected chi connectivity index (χ4v) is 5.18. The van der Waals surface area contributed by atoms with Crippen LogP contribution in [0.1, 0.15) is 32.6 Å². The van der Waals surface area contributed by atoms with Crippen LogP contribution in [0.25, 0.3) is 0 Å². The molecule has 0 fully saturated rings. The summed E-state index contributed by atoms with van der Waals surface area (Å²) in [5.74, 6) is -0.282. The van der Waals surface area contributed by atoms with Gasteiger partial charge in [0.05, 0.1) is 6.04 Å². The number of rotatable bonds is 13. The number of ketones is 1. The number of allylic oxidation sites excluding steroid dienone is 1. The third kappa shape index (κ3) is 8.96. The quantitative estimate of drug-likeness (QED) is 0.151. The Morgan fingerprint density at radius 1 is 0.558 bits per heavy atom. The van der Waals surface area contributed by atoms with Crippen LogP contribution in [-0.4, -0.2) is 22.6 Å². The molecule has 0 radical (unpaired) electrons. The Kier molecular flexibility index (Phi) is 10.4. The van der Waals surface area contributed by atoms with E-state index in [1.807, 2.05) is 103 Å². The van der Waals surface area contributed by atoms with Crippen LogP contribution in [0.15, 0.2) is 163 Å². The number of hydrogen-bond donors (Lipinski definition) is 1. The van der Waals surface area contributed by atoms with Crippen molar-refractivity contribution in [1.29, 1.82) is 0 Å². The number of hydrogen-bond acceptors (Lipinski definition) is 3.